The third-order valence-corrected chi connectivity index (χ3v) is 5.00. The number of rotatable bonds is 7. The molecule has 0 aliphatic carbocycles. The Bertz CT molecular complexity index is 818. The Morgan fingerprint density at radius 2 is 0.517 bits per heavy atom. The predicted octanol–water partition coefficient (Wildman–Crippen LogP) is 7.33. The van der Waals surface area contributed by atoms with Crippen LogP contribution in [0.4, 0.5) is 0 Å². The van der Waals surface area contributed by atoms with E-state index >= 15 is 0 Å². The fraction of sp³-hybridized carbons (Fsp3) is 0.172. The van der Waals surface area contributed by atoms with E-state index in [4.69, 9.17) is 0 Å². The van der Waals surface area contributed by atoms with Gasteiger partial charge in [0, 0.05) is 0 Å². The van der Waals surface area contributed by atoms with Crippen molar-refractivity contribution in [2.24, 2.45) is 0 Å². The molecule has 0 aliphatic rings. The van der Waals surface area contributed by atoms with Gasteiger partial charge in [0.05, 0.1) is 0 Å². The van der Waals surface area contributed by atoms with Crippen molar-refractivity contribution in [1.82, 2.24) is 0 Å². The maximum Gasteiger partial charge on any atom is -0.0238 e. The van der Waals surface area contributed by atoms with E-state index in [9.17, 15) is 0 Å². The molecule has 0 spiro atoms. The third-order valence-electron chi connectivity index (χ3n) is 5.00. The summed E-state index contributed by atoms with van der Waals surface area (Å²) in [6.45, 7) is 0. The smallest absolute Gasteiger partial charge is 0.0238 e. The molecule has 4 aromatic carbocycles. The zero-order chi connectivity index (χ0) is 20.0. The Morgan fingerprint density at radius 1 is 0.276 bits per heavy atom. The minimum absolute atomic E-state index is 1.13. The van der Waals surface area contributed by atoms with Crippen molar-refractivity contribution in [2.75, 3.05) is 0 Å². The van der Waals surface area contributed by atoms with Gasteiger partial charge in [-0.3, -0.25) is 0 Å². The number of hydrogen-bond donors (Lipinski definition) is 0. The highest BCUT2D eigenvalue weighted by Crippen LogP contribution is 2.08. The van der Waals surface area contributed by atoms with Crippen LogP contribution in [-0.2, 0) is 25.7 Å². The monoisotopic (exact) mass is 378 g/mol. The first kappa shape index (κ1) is 20.6. The fourth-order valence-electron chi connectivity index (χ4n) is 3.36. The van der Waals surface area contributed by atoms with E-state index in [2.05, 4.69) is 121 Å². The summed E-state index contributed by atoms with van der Waals surface area (Å²) in [5.74, 6) is 0. The van der Waals surface area contributed by atoms with Gasteiger partial charge in [0.25, 0.3) is 0 Å². The molecule has 0 aromatic heterocycles. The van der Waals surface area contributed by atoms with E-state index in [0.717, 1.165) is 12.8 Å². The van der Waals surface area contributed by atoms with Gasteiger partial charge in [0.2, 0.25) is 0 Å². The summed E-state index contributed by atoms with van der Waals surface area (Å²) in [4.78, 5) is 0. The molecule has 0 radical (unpaired) electrons. The van der Waals surface area contributed by atoms with Gasteiger partial charge < -0.3 is 0 Å². The molecule has 0 saturated heterocycles. The van der Waals surface area contributed by atoms with Crippen LogP contribution in [0.3, 0.4) is 0 Å². The third kappa shape index (κ3) is 8.19. The maximum atomic E-state index is 2.20. The molecule has 146 valence electrons. The first-order valence-electron chi connectivity index (χ1n) is 10.6. The number of aryl methyl sites for hydroxylation is 4. The molecule has 0 amide bonds. The second-order valence-electron chi connectivity index (χ2n) is 7.30. The molecule has 29 heavy (non-hydrogen) atoms. The van der Waals surface area contributed by atoms with Gasteiger partial charge in [-0.05, 0) is 54.4 Å². The van der Waals surface area contributed by atoms with Gasteiger partial charge in [-0.1, -0.05) is 121 Å². The second-order valence-corrected chi connectivity index (χ2v) is 7.30. The van der Waals surface area contributed by atoms with Crippen LogP contribution >= 0.6 is 0 Å². The highest BCUT2D eigenvalue weighted by molar-refractivity contribution is 5.20. The van der Waals surface area contributed by atoms with Gasteiger partial charge in [-0.25, -0.2) is 0 Å². The molecule has 0 heteroatoms. The summed E-state index contributed by atoms with van der Waals surface area (Å²) in [7, 11) is 0. The molecule has 0 nitrogen and oxygen atoms in total. The SMILES string of the molecule is c1ccc(CCCc2ccccc2)cc1.c1ccc(CCc2ccccc2)cc1. The molecule has 0 N–H and O–H groups in total. The van der Waals surface area contributed by atoms with E-state index in [1.54, 1.807) is 0 Å². The molecule has 0 heterocycles. The normalized spacial score (nSPS) is 10.1. The van der Waals surface area contributed by atoms with E-state index in [1.807, 2.05) is 0 Å². The summed E-state index contributed by atoms with van der Waals surface area (Å²) >= 11 is 0. The molecule has 0 aliphatic heterocycles. The molecular weight excluding hydrogens is 348 g/mol. The summed E-state index contributed by atoms with van der Waals surface area (Å²) < 4.78 is 0. The van der Waals surface area contributed by atoms with Crippen LogP contribution in [0.5, 0.6) is 0 Å². The standard InChI is InChI=1S/C15H16.C14H14/c1-3-8-14(9-4-1)12-7-13-15-10-5-2-6-11-15;1-3-7-13(8-4-1)11-12-14-9-5-2-6-10-14/h1-6,8-11H,7,12-13H2;1-10H,11-12H2. The van der Waals surface area contributed by atoms with Crippen LogP contribution in [0.2, 0.25) is 0 Å². The van der Waals surface area contributed by atoms with Crippen LogP contribution in [0.1, 0.15) is 28.7 Å². The minimum atomic E-state index is 1.13. The van der Waals surface area contributed by atoms with Crippen molar-refractivity contribution in [3.05, 3.63) is 144 Å². The molecule has 0 saturated carbocycles. The van der Waals surface area contributed by atoms with E-state index < -0.39 is 0 Å². The van der Waals surface area contributed by atoms with Crippen molar-refractivity contribution in [3.63, 3.8) is 0 Å². The Balaban J connectivity index is 0.000000166. The molecule has 0 atom stereocenters. The zero-order valence-corrected chi connectivity index (χ0v) is 17.1. The molecular formula is C29H30. The number of hydrogen-bond acceptors (Lipinski definition) is 0. The van der Waals surface area contributed by atoms with E-state index in [-0.39, 0.29) is 0 Å². The summed E-state index contributed by atoms with van der Waals surface area (Å²) in [6.07, 6.45) is 5.84. The van der Waals surface area contributed by atoms with Gasteiger partial charge in [-0.2, -0.15) is 0 Å². The molecule has 4 rings (SSSR count). The van der Waals surface area contributed by atoms with Crippen LogP contribution in [-0.4, -0.2) is 0 Å². The average Bonchev–Trinajstić information content (AvgIpc) is 2.81. The summed E-state index contributed by atoms with van der Waals surface area (Å²) in [5, 5.41) is 0. The highest BCUT2D eigenvalue weighted by atomic mass is 14.0. The largest absolute Gasteiger partial charge is 0.0622 e. The molecule has 0 bridgehead atoms. The van der Waals surface area contributed by atoms with Crippen molar-refractivity contribution in [2.45, 2.75) is 32.1 Å². The van der Waals surface area contributed by atoms with Crippen LogP contribution in [0, 0.1) is 0 Å². The first-order chi connectivity index (χ1) is 14.4. The average molecular weight is 379 g/mol. The Labute approximate surface area is 175 Å². The van der Waals surface area contributed by atoms with E-state index in [1.165, 1.54) is 41.5 Å². The topological polar surface area (TPSA) is 0 Å². The minimum Gasteiger partial charge on any atom is -0.0622 e. The van der Waals surface area contributed by atoms with Gasteiger partial charge in [0.1, 0.15) is 0 Å². The summed E-state index contributed by atoms with van der Waals surface area (Å²) in [5.41, 5.74) is 5.70. The zero-order valence-electron chi connectivity index (χ0n) is 17.1. The van der Waals surface area contributed by atoms with Crippen molar-refractivity contribution < 1.29 is 0 Å². The van der Waals surface area contributed by atoms with Gasteiger partial charge >= 0.3 is 0 Å². The van der Waals surface area contributed by atoms with Crippen molar-refractivity contribution in [3.8, 4) is 0 Å². The Hall–Kier alpha value is -3.12. The van der Waals surface area contributed by atoms with E-state index in [0.29, 0.717) is 0 Å². The lowest BCUT2D eigenvalue weighted by Gasteiger charge is -2.01. The maximum absolute atomic E-state index is 2.20. The Morgan fingerprint density at radius 3 is 0.793 bits per heavy atom. The summed E-state index contributed by atoms with van der Waals surface area (Å²) in [6, 6.07) is 42.6. The quantitative estimate of drug-likeness (QED) is 0.316. The second kappa shape index (κ2) is 12.4. The van der Waals surface area contributed by atoms with Gasteiger partial charge in [0.15, 0.2) is 0 Å². The van der Waals surface area contributed by atoms with Crippen LogP contribution in [0.25, 0.3) is 0 Å². The lowest BCUT2D eigenvalue weighted by molar-refractivity contribution is 0.821. The highest BCUT2D eigenvalue weighted by Gasteiger charge is 1.94. The van der Waals surface area contributed by atoms with Crippen molar-refractivity contribution >= 4 is 0 Å². The fourth-order valence-corrected chi connectivity index (χ4v) is 3.36. The predicted molar refractivity (Wildman–Crippen MR) is 125 cm³/mol. The lowest BCUT2D eigenvalue weighted by Crippen LogP contribution is -1.89. The Kier molecular flexibility index (Phi) is 8.78. The molecule has 4 aromatic rings. The lowest BCUT2D eigenvalue weighted by atomic mass is 10.0. The first-order valence-corrected chi connectivity index (χ1v) is 10.6. The molecule has 0 fully saturated rings. The number of benzene rings is 4. The van der Waals surface area contributed by atoms with Crippen LogP contribution in [0.15, 0.2) is 121 Å². The van der Waals surface area contributed by atoms with Gasteiger partial charge in [-0.15, -0.1) is 0 Å². The molecule has 0 unspecified atom stereocenters. The van der Waals surface area contributed by atoms with Crippen molar-refractivity contribution in [1.29, 1.82) is 0 Å². The van der Waals surface area contributed by atoms with Crippen LogP contribution < -0.4 is 0 Å².